The molecular formula is C23H28N4O7. The zero-order chi connectivity index (χ0) is 24.9. The number of anilines is 1. The van der Waals surface area contributed by atoms with E-state index in [0.29, 0.717) is 24.5 Å². The first kappa shape index (κ1) is 26.6. The molecule has 0 bridgehead atoms. The van der Waals surface area contributed by atoms with Gasteiger partial charge in [-0.05, 0) is 43.3 Å². The highest BCUT2D eigenvalue weighted by atomic mass is 16.6. The van der Waals surface area contributed by atoms with Crippen LogP contribution in [0, 0.1) is 10.1 Å². The quantitative estimate of drug-likeness (QED) is 0.106. The summed E-state index contributed by atoms with van der Waals surface area (Å²) >= 11 is 0. The second-order valence-electron chi connectivity index (χ2n) is 7.31. The molecule has 2 aromatic carbocycles. The molecule has 0 aliphatic rings. The number of rotatable bonds is 14. The third kappa shape index (κ3) is 9.06. The number of nitro benzene ring substituents is 1. The van der Waals surface area contributed by atoms with Gasteiger partial charge in [0.05, 0.1) is 36.1 Å². The summed E-state index contributed by atoms with van der Waals surface area (Å²) in [7, 11) is 0. The van der Waals surface area contributed by atoms with Crippen molar-refractivity contribution in [3.05, 3.63) is 70.8 Å². The van der Waals surface area contributed by atoms with Crippen LogP contribution in [0.25, 0.3) is 0 Å². The molecule has 11 nitrogen and oxygen atoms in total. The third-order valence-electron chi connectivity index (χ3n) is 4.50. The van der Waals surface area contributed by atoms with Crippen molar-refractivity contribution < 1.29 is 29.4 Å². The molecule has 2 aromatic rings. The van der Waals surface area contributed by atoms with E-state index in [4.69, 9.17) is 9.47 Å². The number of carbonyl (C=O) groups is 1. The summed E-state index contributed by atoms with van der Waals surface area (Å²) < 4.78 is 10.3. The largest absolute Gasteiger partial charge is 0.460 e. The Labute approximate surface area is 197 Å². The maximum Gasteiger partial charge on any atom is 0.333 e. The Morgan fingerprint density at radius 3 is 2.21 bits per heavy atom. The van der Waals surface area contributed by atoms with Crippen LogP contribution >= 0.6 is 0 Å². The minimum atomic E-state index is -0.949. The van der Waals surface area contributed by atoms with Crippen molar-refractivity contribution in [3.8, 4) is 0 Å². The molecule has 0 aromatic heterocycles. The number of non-ortho nitro benzene ring substituents is 1. The lowest BCUT2D eigenvalue weighted by Crippen LogP contribution is -2.32. The average Bonchev–Trinajstić information content (AvgIpc) is 2.83. The van der Waals surface area contributed by atoms with E-state index in [0.717, 1.165) is 5.69 Å². The fourth-order valence-electron chi connectivity index (χ4n) is 2.71. The van der Waals surface area contributed by atoms with Gasteiger partial charge < -0.3 is 24.6 Å². The maximum atomic E-state index is 11.3. The molecular weight excluding hydrogens is 444 g/mol. The maximum absolute atomic E-state index is 11.3. The molecule has 34 heavy (non-hydrogen) atoms. The Balaban J connectivity index is 1.84. The molecule has 0 saturated heterocycles. The van der Waals surface area contributed by atoms with Crippen LogP contribution in [0.1, 0.15) is 6.92 Å². The van der Waals surface area contributed by atoms with Crippen molar-refractivity contribution in [2.24, 2.45) is 10.2 Å². The Morgan fingerprint density at radius 1 is 1.09 bits per heavy atom. The average molecular weight is 472 g/mol. The van der Waals surface area contributed by atoms with Crippen molar-refractivity contribution in [2.45, 2.75) is 13.0 Å². The van der Waals surface area contributed by atoms with Gasteiger partial charge in [-0.1, -0.05) is 6.58 Å². The molecule has 0 amide bonds. The number of aliphatic hydroxyl groups excluding tert-OH is 2. The number of ether oxygens (including phenoxy) is 2. The van der Waals surface area contributed by atoms with Crippen molar-refractivity contribution in [1.29, 1.82) is 0 Å². The molecule has 1 unspecified atom stereocenters. The van der Waals surface area contributed by atoms with Gasteiger partial charge in [0.15, 0.2) is 0 Å². The van der Waals surface area contributed by atoms with Gasteiger partial charge in [-0.25, -0.2) is 4.79 Å². The smallest absolute Gasteiger partial charge is 0.333 e. The summed E-state index contributed by atoms with van der Waals surface area (Å²) in [6, 6.07) is 12.9. The Hall–Kier alpha value is -3.67. The summed E-state index contributed by atoms with van der Waals surface area (Å²) in [5, 5.41) is 38.1. The fraction of sp³-hybridized carbons (Fsp3) is 0.348. The minimum absolute atomic E-state index is 0.00159. The number of hydrogen-bond donors (Lipinski definition) is 2. The lowest BCUT2D eigenvalue weighted by Gasteiger charge is -2.24. The van der Waals surface area contributed by atoms with Gasteiger partial charge >= 0.3 is 5.97 Å². The predicted octanol–water partition coefficient (Wildman–Crippen LogP) is 3.31. The molecule has 0 aliphatic carbocycles. The summed E-state index contributed by atoms with van der Waals surface area (Å²) in [4.78, 5) is 23.5. The van der Waals surface area contributed by atoms with Crippen molar-refractivity contribution in [3.63, 3.8) is 0 Å². The summed E-state index contributed by atoms with van der Waals surface area (Å²) in [6.45, 7) is 5.88. The van der Waals surface area contributed by atoms with Gasteiger partial charge in [0.1, 0.15) is 12.7 Å². The Kier molecular flexibility index (Phi) is 10.8. The van der Waals surface area contributed by atoms with E-state index in [2.05, 4.69) is 16.8 Å². The highest BCUT2D eigenvalue weighted by molar-refractivity contribution is 5.86. The van der Waals surface area contributed by atoms with E-state index >= 15 is 0 Å². The van der Waals surface area contributed by atoms with Crippen LogP contribution in [0.15, 0.2) is 70.9 Å². The molecule has 0 heterocycles. The first-order valence-electron chi connectivity index (χ1n) is 10.5. The van der Waals surface area contributed by atoms with Gasteiger partial charge in [-0.3, -0.25) is 10.1 Å². The standard InChI is InChI=1S/C23H28N4O7/c1-17(2)23(30)34-16-22(29)15-33-14-12-26(11-13-28)20-7-3-18(4-8-20)24-25-19-5-9-21(10-6-19)27(31)32/h3-10,22,28-29H,1,11-16H2,2H3. The molecule has 182 valence electrons. The van der Waals surface area contributed by atoms with E-state index < -0.39 is 17.0 Å². The SMILES string of the molecule is C=C(C)C(=O)OCC(O)COCCN(CCO)c1ccc(N=Nc2ccc([N+](=O)[O-])cc2)cc1. The second-order valence-corrected chi connectivity index (χ2v) is 7.31. The summed E-state index contributed by atoms with van der Waals surface area (Å²) in [6.07, 6.45) is -0.949. The zero-order valence-electron chi connectivity index (χ0n) is 18.9. The Morgan fingerprint density at radius 2 is 1.68 bits per heavy atom. The van der Waals surface area contributed by atoms with Crippen LogP contribution in [0.3, 0.4) is 0 Å². The highest BCUT2D eigenvalue weighted by Gasteiger charge is 2.11. The van der Waals surface area contributed by atoms with Crippen molar-refractivity contribution in [1.82, 2.24) is 0 Å². The highest BCUT2D eigenvalue weighted by Crippen LogP contribution is 2.23. The molecule has 0 fully saturated rings. The number of carbonyl (C=O) groups excluding carboxylic acids is 1. The fourth-order valence-corrected chi connectivity index (χ4v) is 2.71. The van der Waals surface area contributed by atoms with Gasteiger partial charge in [0.25, 0.3) is 5.69 Å². The van der Waals surface area contributed by atoms with Gasteiger partial charge in [-0.2, -0.15) is 10.2 Å². The van der Waals surface area contributed by atoms with Crippen molar-refractivity contribution in [2.75, 3.05) is 44.4 Å². The molecule has 2 N–H and O–H groups in total. The van der Waals surface area contributed by atoms with Crippen LogP contribution in [0.4, 0.5) is 22.7 Å². The lowest BCUT2D eigenvalue weighted by molar-refractivity contribution is -0.384. The normalized spacial score (nSPS) is 11.9. The third-order valence-corrected chi connectivity index (χ3v) is 4.50. The molecule has 0 radical (unpaired) electrons. The van der Waals surface area contributed by atoms with Gasteiger partial charge in [-0.15, -0.1) is 0 Å². The van der Waals surface area contributed by atoms with E-state index in [9.17, 15) is 25.1 Å². The van der Waals surface area contributed by atoms with Crippen LogP contribution in [-0.4, -0.2) is 66.7 Å². The number of hydrogen-bond acceptors (Lipinski definition) is 10. The van der Waals surface area contributed by atoms with E-state index in [1.165, 1.54) is 31.2 Å². The molecule has 0 aliphatic heterocycles. The van der Waals surface area contributed by atoms with Crippen molar-refractivity contribution >= 4 is 28.7 Å². The first-order valence-corrected chi connectivity index (χ1v) is 10.5. The zero-order valence-corrected chi connectivity index (χ0v) is 18.9. The summed E-state index contributed by atoms with van der Waals surface area (Å²) in [5.41, 5.74) is 2.16. The molecule has 0 spiro atoms. The number of azo groups is 1. The topological polar surface area (TPSA) is 147 Å². The lowest BCUT2D eigenvalue weighted by atomic mass is 10.2. The van der Waals surface area contributed by atoms with Crippen LogP contribution < -0.4 is 4.90 Å². The molecule has 2 rings (SSSR count). The number of benzene rings is 2. The van der Waals surface area contributed by atoms with E-state index in [1.54, 1.807) is 12.1 Å². The minimum Gasteiger partial charge on any atom is -0.460 e. The Bertz CT molecular complexity index is 978. The molecule has 1 atom stereocenters. The number of nitrogens with zero attached hydrogens (tertiary/aromatic N) is 4. The summed E-state index contributed by atoms with van der Waals surface area (Å²) in [5.74, 6) is -0.566. The van der Waals surface area contributed by atoms with Crippen LogP contribution in [-0.2, 0) is 14.3 Å². The number of esters is 1. The van der Waals surface area contributed by atoms with E-state index in [-0.39, 0.29) is 37.7 Å². The monoisotopic (exact) mass is 472 g/mol. The number of nitro groups is 1. The molecule has 11 heteroatoms. The number of aliphatic hydroxyl groups is 2. The van der Waals surface area contributed by atoms with Gasteiger partial charge in [0, 0.05) is 36.5 Å². The van der Waals surface area contributed by atoms with E-state index in [1.807, 2.05) is 17.0 Å². The van der Waals surface area contributed by atoms with Crippen LogP contribution in [0.2, 0.25) is 0 Å². The van der Waals surface area contributed by atoms with Gasteiger partial charge in [0.2, 0.25) is 0 Å². The predicted molar refractivity (Wildman–Crippen MR) is 126 cm³/mol. The first-order chi connectivity index (χ1) is 16.3. The second kappa shape index (κ2) is 13.8. The van der Waals surface area contributed by atoms with Crippen LogP contribution in [0.5, 0.6) is 0 Å². The molecule has 0 saturated carbocycles.